The number of para-hydroxylation sites is 1. The van der Waals surface area contributed by atoms with E-state index in [1.165, 1.54) is 11.8 Å². The average molecular weight is 534 g/mol. The highest BCUT2D eigenvalue weighted by Crippen LogP contribution is 2.41. The monoisotopic (exact) mass is 533 g/mol. The highest BCUT2D eigenvalue weighted by Gasteiger charge is 2.21. The summed E-state index contributed by atoms with van der Waals surface area (Å²) in [5.41, 5.74) is 4.88. The molecule has 0 saturated heterocycles. The number of rotatable bonds is 11. The second kappa shape index (κ2) is 12.6. The van der Waals surface area contributed by atoms with E-state index in [9.17, 15) is 4.79 Å². The molecule has 1 N–H and O–H groups in total. The minimum atomic E-state index is -0.286. The van der Waals surface area contributed by atoms with Gasteiger partial charge < -0.3 is 18.9 Å². The number of hydrogen-bond donors (Lipinski definition) is 1. The van der Waals surface area contributed by atoms with Gasteiger partial charge in [-0.05, 0) is 42.0 Å². The van der Waals surface area contributed by atoms with E-state index in [2.05, 4.69) is 20.7 Å². The Morgan fingerprint density at radius 3 is 2.32 bits per heavy atom. The van der Waals surface area contributed by atoms with E-state index in [0.717, 1.165) is 11.3 Å². The van der Waals surface area contributed by atoms with Gasteiger partial charge in [-0.25, -0.2) is 5.43 Å². The molecule has 38 heavy (non-hydrogen) atoms. The SMILES string of the molecule is COc1cccc(/C=N/NC(=O)CSc2nnc(-c3cc(OC)c(OC)c(OC)c3)n2-c2ccccc2)c1. The standard InChI is InChI=1S/C27H27N5O5S/c1-34-21-12-8-9-18(13-21)16-28-29-24(33)17-38-27-31-30-26(32(27)20-10-6-5-7-11-20)19-14-22(35-2)25(37-4)23(15-19)36-3/h5-16H,17H2,1-4H3,(H,29,33)/b28-16+. The first-order valence-corrected chi connectivity index (χ1v) is 12.5. The Morgan fingerprint density at radius 2 is 1.66 bits per heavy atom. The summed E-state index contributed by atoms with van der Waals surface area (Å²) in [6.45, 7) is 0. The second-order valence-corrected chi connectivity index (χ2v) is 8.69. The number of nitrogens with one attached hydrogen (secondary N) is 1. The molecule has 1 amide bonds. The summed E-state index contributed by atoms with van der Waals surface area (Å²) in [6.07, 6.45) is 1.56. The number of benzene rings is 3. The molecule has 4 rings (SSSR count). The molecule has 0 spiro atoms. The van der Waals surface area contributed by atoms with Gasteiger partial charge in [-0.15, -0.1) is 10.2 Å². The van der Waals surface area contributed by atoms with Crippen LogP contribution in [0, 0.1) is 0 Å². The molecule has 1 heterocycles. The van der Waals surface area contributed by atoms with E-state index >= 15 is 0 Å². The van der Waals surface area contributed by atoms with Crippen LogP contribution in [0.5, 0.6) is 23.0 Å². The van der Waals surface area contributed by atoms with E-state index in [1.54, 1.807) is 46.8 Å². The Balaban J connectivity index is 1.57. The Labute approximate surface area is 224 Å². The van der Waals surface area contributed by atoms with Crippen LogP contribution in [0.3, 0.4) is 0 Å². The predicted octanol–water partition coefficient (Wildman–Crippen LogP) is 4.21. The minimum Gasteiger partial charge on any atom is -0.497 e. The number of hydrazone groups is 1. The first-order valence-electron chi connectivity index (χ1n) is 11.5. The zero-order valence-corrected chi connectivity index (χ0v) is 22.2. The van der Waals surface area contributed by atoms with Crippen molar-refractivity contribution in [1.29, 1.82) is 0 Å². The average Bonchev–Trinajstić information content (AvgIpc) is 3.39. The van der Waals surface area contributed by atoms with Crippen LogP contribution < -0.4 is 24.4 Å². The summed E-state index contributed by atoms with van der Waals surface area (Å²) < 4.78 is 23.5. The third-order valence-corrected chi connectivity index (χ3v) is 6.33. The summed E-state index contributed by atoms with van der Waals surface area (Å²) >= 11 is 1.24. The molecule has 0 unspecified atom stereocenters. The zero-order chi connectivity index (χ0) is 26.9. The Hall–Kier alpha value is -4.51. The molecule has 1 aromatic heterocycles. The van der Waals surface area contributed by atoms with Gasteiger partial charge in [-0.3, -0.25) is 9.36 Å². The van der Waals surface area contributed by atoms with Crippen molar-refractivity contribution in [2.75, 3.05) is 34.2 Å². The summed E-state index contributed by atoms with van der Waals surface area (Å²) in [5, 5.41) is 13.4. The lowest BCUT2D eigenvalue weighted by Gasteiger charge is -2.15. The van der Waals surface area contributed by atoms with Gasteiger partial charge in [0.05, 0.1) is 40.4 Å². The highest BCUT2D eigenvalue weighted by atomic mass is 32.2. The predicted molar refractivity (Wildman–Crippen MR) is 146 cm³/mol. The molecular weight excluding hydrogens is 506 g/mol. The number of methoxy groups -OCH3 is 4. The summed E-state index contributed by atoms with van der Waals surface area (Å²) in [5.74, 6) is 2.51. The van der Waals surface area contributed by atoms with Crippen LogP contribution in [0.4, 0.5) is 0 Å². The molecule has 0 bridgehead atoms. The molecule has 0 aliphatic rings. The molecule has 11 heteroatoms. The van der Waals surface area contributed by atoms with Gasteiger partial charge in [0.2, 0.25) is 5.75 Å². The van der Waals surface area contributed by atoms with Gasteiger partial charge in [0.15, 0.2) is 22.5 Å². The van der Waals surface area contributed by atoms with Gasteiger partial charge >= 0.3 is 0 Å². The van der Waals surface area contributed by atoms with Gasteiger partial charge in [0.1, 0.15) is 5.75 Å². The molecule has 0 aliphatic carbocycles. The molecular formula is C27H27N5O5S. The van der Waals surface area contributed by atoms with Gasteiger partial charge in [0.25, 0.3) is 5.91 Å². The van der Waals surface area contributed by atoms with Crippen molar-refractivity contribution in [2.24, 2.45) is 5.10 Å². The maximum Gasteiger partial charge on any atom is 0.250 e. The van der Waals surface area contributed by atoms with Crippen LogP contribution in [-0.4, -0.2) is 61.1 Å². The highest BCUT2D eigenvalue weighted by molar-refractivity contribution is 7.99. The van der Waals surface area contributed by atoms with Crippen LogP contribution >= 0.6 is 11.8 Å². The molecule has 4 aromatic rings. The number of carbonyl (C=O) groups is 1. The van der Waals surface area contributed by atoms with E-state index in [-0.39, 0.29) is 11.7 Å². The van der Waals surface area contributed by atoms with Crippen molar-refractivity contribution in [2.45, 2.75) is 5.16 Å². The molecule has 3 aromatic carbocycles. The van der Waals surface area contributed by atoms with Gasteiger partial charge in [-0.2, -0.15) is 5.10 Å². The molecule has 0 radical (unpaired) electrons. The fourth-order valence-electron chi connectivity index (χ4n) is 3.63. The molecule has 0 atom stereocenters. The number of thioether (sulfide) groups is 1. The van der Waals surface area contributed by atoms with Crippen molar-refractivity contribution < 1.29 is 23.7 Å². The summed E-state index contributed by atoms with van der Waals surface area (Å²) in [7, 11) is 6.25. The van der Waals surface area contributed by atoms with Gasteiger partial charge in [0, 0.05) is 11.3 Å². The van der Waals surface area contributed by atoms with Crippen LogP contribution in [0.1, 0.15) is 5.56 Å². The fourth-order valence-corrected chi connectivity index (χ4v) is 4.38. The third-order valence-electron chi connectivity index (χ3n) is 5.40. The summed E-state index contributed by atoms with van der Waals surface area (Å²) in [6, 6.07) is 20.6. The van der Waals surface area contributed by atoms with Crippen molar-refractivity contribution in [1.82, 2.24) is 20.2 Å². The van der Waals surface area contributed by atoms with Gasteiger partial charge in [-0.1, -0.05) is 42.1 Å². The number of amides is 1. The Bertz CT molecular complexity index is 1400. The lowest BCUT2D eigenvalue weighted by atomic mass is 10.1. The normalized spacial score (nSPS) is 10.8. The number of ether oxygens (including phenoxy) is 4. The van der Waals surface area contributed by atoms with Crippen LogP contribution in [0.15, 0.2) is 77.0 Å². The number of carbonyl (C=O) groups excluding carboxylic acids is 1. The lowest BCUT2D eigenvalue weighted by Crippen LogP contribution is -2.20. The number of aromatic nitrogens is 3. The van der Waals surface area contributed by atoms with Crippen molar-refractivity contribution >= 4 is 23.9 Å². The van der Waals surface area contributed by atoms with E-state index in [4.69, 9.17) is 18.9 Å². The van der Waals surface area contributed by atoms with Crippen molar-refractivity contribution in [3.63, 3.8) is 0 Å². The zero-order valence-electron chi connectivity index (χ0n) is 21.4. The Kier molecular flexibility index (Phi) is 8.83. The number of nitrogens with zero attached hydrogens (tertiary/aromatic N) is 4. The van der Waals surface area contributed by atoms with Crippen LogP contribution in [0.2, 0.25) is 0 Å². The third kappa shape index (κ3) is 6.06. The van der Waals surface area contributed by atoms with Crippen molar-refractivity contribution in [3.8, 4) is 40.1 Å². The fraction of sp³-hybridized carbons (Fsp3) is 0.185. The lowest BCUT2D eigenvalue weighted by molar-refractivity contribution is -0.118. The van der Waals surface area contributed by atoms with E-state index in [1.807, 2.05) is 59.2 Å². The molecule has 10 nitrogen and oxygen atoms in total. The maximum atomic E-state index is 12.5. The smallest absolute Gasteiger partial charge is 0.250 e. The summed E-state index contributed by atoms with van der Waals surface area (Å²) in [4.78, 5) is 12.5. The second-order valence-electron chi connectivity index (χ2n) is 7.75. The van der Waals surface area contributed by atoms with Crippen LogP contribution in [0.25, 0.3) is 17.1 Å². The van der Waals surface area contributed by atoms with E-state index < -0.39 is 0 Å². The molecule has 0 fully saturated rings. The topological polar surface area (TPSA) is 109 Å². The minimum absolute atomic E-state index is 0.0790. The van der Waals surface area contributed by atoms with Crippen LogP contribution in [-0.2, 0) is 4.79 Å². The largest absolute Gasteiger partial charge is 0.497 e. The molecule has 0 aliphatic heterocycles. The van der Waals surface area contributed by atoms with Crippen molar-refractivity contribution in [3.05, 3.63) is 72.3 Å². The molecule has 196 valence electrons. The van der Waals surface area contributed by atoms with E-state index in [0.29, 0.717) is 39.5 Å². The number of hydrogen-bond acceptors (Lipinski definition) is 9. The first-order chi connectivity index (χ1) is 18.6. The molecule has 0 saturated carbocycles. The first kappa shape index (κ1) is 26.6. The maximum absolute atomic E-state index is 12.5. The Morgan fingerprint density at radius 1 is 0.921 bits per heavy atom. The quantitative estimate of drug-likeness (QED) is 0.174.